The van der Waals surface area contributed by atoms with Crippen molar-refractivity contribution in [2.24, 2.45) is 0 Å². The Morgan fingerprint density at radius 1 is 0.968 bits per heavy atom. The lowest BCUT2D eigenvalue weighted by Gasteiger charge is -2.09. The van der Waals surface area contributed by atoms with E-state index in [9.17, 15) is 9.18 Å². The minimum atomic E-state index is -0.551. The third kappa shape index (κ3) is 4.67. The van der Waals surface area contributed by atoms with Gasteiger partial charge in [-0.1, -0.05) is 12.1 Å². The molecule has 0 radical (unpaired) electrons. The summed E-state index contributed by atoms with van der Waals surface area (Å²) in [6.45, 7) is 3.89. The minimum absolute atomic E-state index is 0.100. The van der Waals surface area contributed by atoms with Crippen LogP contribution in [0.5, 0.6) is 11.6 Å². The number of nitrogens with zero attached hydrogens (tertiary/aromatic N) is 4. The second-order valence-corrected chi connectivity index (χ2v) is 6.70. The predicted octanol–water partition coefficient (Wildman–Crippen LogP) is 4.85. The maximum Gasteiger partial charge on any atom is 0.323 e. The van der Waals surface area contributed by atoms with Gasteiger partial charge in [0.1, 0.15) is 17.9 Å². The molecule has 0 fully saturated rings. The van der Waals surface area contributed by atoms with Crippen molar-refractivity contribution in [2.75, 3.05) is 10.6 Å². The number of carbonyl (C=O) groups is 1. The van der Waals surface area contributed by atoms with Crippen molar-refractivity contribution in [2.45, 2.75) is 13.8 Å². The van der Waals surface area contributed by atoms with Gasteiger partial charge in [0.15, 0.2) is 5.82 Å². The highest BCUT2D eigenvalue weighted by atomic mass is 19.1. The standard InChI is InChI=1S/C22H19FN6O2/c1-14-15(2)29(13-24-14)20-11-12-21(28-27-20)31-17-9-7-16(8-10-17)25-22(30)26-19-6-4-3-5-18(19)23/h3-13H,1-2H3,(H2,25,26,30). The number of aromatic nitrogens is 4. The average molecular weight is 418 g/mol. The number of para-hydroxylation sites is 1. The normalized spacial score (nSPS) is 10.5. The van der Waals surface area contributed by atoms with Crippen molar-refractivity contribution >= 4 is 17.4 Å². The number of amides is 2. The van der Waals surface area contributed by atoms with Crippen LogP contribution in [0.2, 0.25) is 0 Å². The monoisotopic (exact) mass is 418 g/mol. The maximum absolute atomic E-state index is 13.6. The number of nitrogens with one attached hydrogen (secondary N) is 2. The Labute approximate surface area is 177 Å². The van der Waals surface area contributed by atoms with Crippen LogP contribution < -0.4 is 15.4 Å². The molecule has 0 aliphatic rings. The first kappa shape index (κ1) is 20.0. The molecule has 0 saturated carbocycles. The summed E-state index contributed by atoms with van der Waals surface area (Å²) >= 11 is 0. The summed E-state index contributed by atoms with van der Waals surface area (Å²) in [5.74, 6) is 0.991. The number of anilines is 2. The number of ether oxygens (including phenoxy) is 1. The molecule has 0 atom stereocenters. The Hall–Kier alpha value is -4.27. The third-order valence-electron chi connectivity index (χ3n) is 4.58. The fourth-order valence-electron chi connectivity index (χ4n) is 2.80. The molecule has 8 nitrogen and oxygen atoms in total. The van der Waals surface area contributed by atoms with Crippen molar-refractivity contribution in [1.29, 1.82) is 0 Å². The first-order valence-corrected chi connectivity index (χ1v) is 9.45. The number of carbonyl (C=O) groups excluding carboxylic acids is 1. The summed E-state index contributed by atoms with van der Waals surface area (Å²) in [6, 6.07) is 15.6. The number of benzene rings is 2. The van der Waals surface area contributed by atoms with Gasteiger partial charge in [-0.2, -0.15) is 0 Å². The molecule has 0 saturated heterocycles. The molecule has 0 aliphatic heterocycles. The summed E-state index contributed by atoms with van der Waals surface area (Å²) in [4.78, 5) is 16.3. The summed E-state index contributed by atoms with van der Waals surface area (Å²) in [7, 11) is 0. The van der Waals surface area contributed by atoms with Crippen LogP contribution in [0.1, 0.15) is 11.4 Å². The van der Waals surface area contributed by atoms with Crippen molar-refractivity contribution in [3.05, 3.63) is 84.2 Å². The highest BCUT2D eigenvalue weighted by Gasteiger charge is 2.09. The van der Waals surface area contributed by atoms with Crippen molar-refractivity contribution in [3.63, 3.8) is 0 Å². The zero-order valence-corrected chi connectivity index (χ0v) is 16.8. The van der Waals surface area contributed by atoms with Crippen LogP contribution in [0, 0.1) is 19.7 Å². The van der Waals surface area contributed by atoms with E-state index in [1.165, 1.54) is 12.1 Å². The van der Waals surface area contributed by atoms with E-state index in [1.807, 2.05) is 18.4 Å². The van der Waals surface area contributed by atoms with E-state index in [-0.39, 0.29) is 5.69 Å². The van der Waals surface area contributed by atoms with Crippen LogP contribution in [0.4, 0.5) is 20.6 Å². The van der Waals surface area contributed by atoms with E-state index >= 15 is 0 Å². The molecular weight excluding hydrogens is 399 g/mol. The van der Waals surface area contributed by atoms with Crippen LogP contribution in [-0.2, 0) is 0 Å². The Morgan fingerprint density at radius 2 is 1.74 bits per heavy atom. The molecule has 2 aromatic heterocycles. The van der Waals surface area contributed by atoms with Crippen molar-refractivity contribution < 1.29 is 13.9 Å². The quantitative estimate of drug-likeness (QED) is 0.483. The Kier molecular flexibility index (Phi) is 5.57. The highest BCUT2D eigenvalue weighted by Crippen LogP contribution is 2.22. The number of hydrogen-bond donors (Lipinski definition) is 2. The molecule has 0 aliphatic carbocycles. The van der Waals surface area contributed by atoms with E-state index in [2.05, 4.69) is 25.8 Å². The Morgan fingerprint density at radius 3 is 2.39 bits per heavy atom. The molecule has 156 valence electrons. The van der Waals surface area contributed by atoms with Crippen molar-refractivity contribution in [1.82, 2.24) is 19.7 Å². The van der Waals surface area contributed by atoms with E-state index in [0.29, 0.717) is 23.1 Å². The van der Waals surface area contributed by atoms with Crippen LogP contribution >= 0.6 is 0 Å². The fraction of sp³-hybridized carbons (Fsp3) is 0.0909. The van der Waals surface area contributed by atoms with Crippen LogP contribution in [0.25, 0.3) is 5.82 Å². The van der Waals surface area contributed by atoms with E-state index in [0.717, 1.165) is 11.4 Å². The number of halogens is 1. The first-order chi connectivity index (χ1) is 15.0. The lowest BCUT2D eigenvalue weighted by Crippen LogP contribution is -2.20. The average Bonchev–Trinajstić information content (AvgIpc) is 3.10. The summed E-state index contributed by atoms with van der Waals surface area (Å²) < 4.78 is 21.2. The molecule has 9 heteroatoms. The smallest absolute Gasteiger partial charge is 0.323 e. The highest BCUT2D eigenvalue weighted by molar-refractivity contribution is 5.99. The van der Waals surface area contributed by atoms with Crippen molar-refractivity contribution in [3.8, 4) is 17.4 Å². The van der Waals surface area contributed by atoms with E-state index < -0.39 is 11.8 Å². The number of imidazole rings is 1. The number of rotatable bonds is 5. The van der Waals surface area contributed by atoms with Gasteiger partial charge in [0.25, 0.3) is 0 Å². The van der Waals surface area contributed by atoms with Gasteiger partial charge in [-0.05, 0) is 56.3 Å². The second-order valence-electron chi connectivity index (χ2n) is 6.70. The summed E-state index contributed by atoms with van der Waals surface area (Å²) in [6.07, 6.45) is 1.70. The molecule has 4 aromatic rings. The third-order valence-corrected chi connectivity index (χ3v) is 4.58. The fourth-order valence-corrected chi connectivity index (χ4v) is 2.80. The first-order valence-electron chi connectivity index (χ1n) is 9.45. The van der Waals surface area contributed by atoms with Gasteiger partial charge in [-0.25, -0.2) is 14.2 Å². The van der Waals surface area contributed by atoms with Gasteiger partial charge in [-0.3, -0.25) is 4.57 Å². The number of urea groups is 1. The van der Waals surface area contributed by atoms with E-state index in [4.69, 9.17) is 4.74 Å². The van der Waals surface area contributed by atoms with Crippen LogP contribution in [0.3, 0.4) is 0 Å². The maximum atomic E-state index is 13.6. The number of hydrogen-bond acceptors (Lipinski definition) is 5. The molecule has 0 spiro atoms. The van der Waals surface area contributed by atoms with Gasteiger partial charge in [-0.15, -0.1) is 10.2 Å². The molecule has 2 amide bonds. The molecule has 4 rings (SSSR count). The molecule has 0 unspecified atom stereocenters. The summed E-state index contributed by atoms with van der Waals surface area (Å²) in [5, 5.41) is 13.4. The lowest BCUT2D eigenvalue weighted by molar-refractivity contribution is 0.262. The number of aryl methyl sites for hydroxylation is 1. The topological polar surface area (TPSA) is 94.0 Å². The molecule has 2 heterocycles. The lowest BCUT2D eigenvalue weighted by atomic mass is 10.3. The molecule has 2 N–H and O–H groups in total. The SMILES string of the molecule is Cc1ncn(-c2ccc(Oc3ccc(NC(=O)Nc4ccccc4F)cc3)nn2)c1C. The van der Waals surface area contributed by atoms with Gasteiger partial charge in [0, 0.05) is 17.4 Å². The van der Waals surface area contributed by atoms with Crippen LogP contribution in [0.15, 0.2) is 67.0 Å². The van der Waals surface area contributed by atoms with Crippen LogP contribution in [-0.4, -0.2) is 25.8 Å². The van der Waals surface area contributed by atoms with Gasteiger partial charge < -0.3 is 15.4 Å². The molecular formula is C22H19FN6O2. The largest absolute Gasteiger partial charge is 0.438 e. The van der Waals surface area contributed by atoms with Gasteiger partial charge >= 0.3 is 6.03 Å². The Balaban J connectivity index is 1.36. The summed E-state index contributed by atoms with van der Waals surface area (Å²) in [5.41, 5.74) is 2.54. The Bertz CT molecular complexity index is 1210. The predicted molar refractivity (Wildman–Crippen MR) is 114 cm³/mol. The second kappa shape index (κ2) is 8.62. The molecule has 0 bridgehead atoms. The molecule has 2 aromatic carbocycles. The minimum Gasteiger partial charge on any atom is -0.438 e. The van der Waals surface area contributed by atoms with Gasteiger partial charge in [0.2, 0.25) is 5.88 Å². The zero-order chi connectivity index (χ0) is 21.8. The van der Waals surface area contributed by atoms with Gasteiger partial charge in [0.05, 0.1) is 11.4 Å². The van der Waals surface area contributed by atoms with E-state index in [1.54, 1.807) is 54.9 Å². The zero-order valence-electron chi connectivity index (χ0n) is 16.8. The molecule has 31 heavy (non-hydrogen) atoms.